The van der Waals surface area contributed by atoms with Gasteiger partial charge in [-0.2, -0.15) is 0 Å². The van der Waals surface area contributed by atoms with Crippen molar-refractivity contribution in [1.29, 1.82) is 0 Å². The van der Waals surface area contributed by atoms with Gasteiger partial charge in [-0.15, -0.1) is 6.58 Å². The fourth-order valence-corrected chi connectivity index (χ4v) is 5.50. The topological polar surface area (TPSA) is 81.7 Å². The van der Waals surface area contributed by atoms with Gasteiger partial charge in [0.2, 0.25) is 11.4 Å². The first-order chi connectivity index (χ1) is 13.6. The zero-order valence-corrected chi connectivity index (χ0v) is 20.3. The number of hydrogen-bond acceptors (Lipinski definition) is 5. The lowest BCUT2D eigenvalue weighted by Crippen LogP contribution is -2.62. The van der Waals surface area contributed by atoms with E-state index in [4.69, 9.17) is 9.47 Å². The number of esters is 2. The van der Waals surface area contributed by atoms with Crippen LogP contribution in [0.3, 0.4) is 0 Å². The van der Waals surface area contributed by atoms with E-state index in [1.807, 2.05) is 0 Å². The summed E-state index contributed by atoms with van der Waals surface area (Å²) in [5.74, 6) is -2.08. The van der Waals surface area contributed by atoms with Crippen molar-refractivity contribution in [2.24, 2.45) is 0 Å². The van der Waals surface area contributed by atoms with Crippen LogP contribution < -0.4 is 5.32 Å². The lowest BCUT2D eigenvalue weighted by Gasteiger charge is -2.34. The van der Waals surface area contributed by atoms with Crippen molar-refractivity contribution in [3.8, 4) is 0 Å². The second-order valence-corrected chi connectivity index (χ2v) is 13.2. The van der Waals surface area contributed by atoms with Gasteiger partial charge >= 0.3 is 11.9 Å². The highest BCUT2D eigenvalue weighted by Gasteiger charge is 2.51. The Bertz CT molecular complexity index is 541. The van der Waals surface area contributed by atoms with Gasteiger partial charge in [0.25, 0.3) is 0 Å². The fraction of sp³-hybridized carbons (Fsp3) is 0.773. The van der Waals surface area contributed by atoms with Crippen LogP contribution in [-0.4, -0.2) is 44.7 Å². The second-order valence-electron chi connectivity index (χ2n) is 8.21. The first-order valence-corrected chi connectivity index (χ1v) is 14.1. The number of unbranched alkanes of at least 4 members (excludes halogenated alkanes) is 5. The van der Waals surface area contributed by atoms with Crippen LogP contribution >= 0.6 is 0 Å². The average molecular weight is 428 g/mol. The van der Waals surface area contributed by atoms with Gasteiger partial charge in [0.05, 0.1) is 21.3 Å². The standard InChI is InChI=1S/C22H41NO5Si/c1-8-11-12-13-14-15-16-29(6,7)18(4)17-22(23-19(5)24,20(25)27-9-2)21(26)28-10-3/h4,8-17H2,1-3,5-7H3,(H,23,24). The quantitative estimate of drug-likeness (QED) is 0.180. The third kappa shape index (κ3) is 9.15. The molecule has 0 aliphatic rings. The Balaban J connectivity index is 5.41. The zero-order chi connectivity index (χ0) is 22.5. The Labute approximate surface area is 177 Å². The minimum Gasteiger partial charge on any atom is -0.464 e. The largest absolute Gasteiger partial charge is 0.464 e. The minimum atomic E-state index is -1.93. The number of hydrogen-bond donors (Lipinski definition) is 1. The van der Waals surface area contributed by atoms with E-state index >= 15 is 0 Å². The number of nitrogens with one attached hydrogen (secondary N) is 1. The van der Waals surface area contributed by atoms with Crippen molar-refractivity contribution in [3.05, 3.63) is 11.8 Å². The Hall–Kier alpha value is -1.63. The van der Waals surface area contributed by atoms with Crippen molar-refractivity contribution in [1.82, 2.24) is 5.32 Å². The molecule has 0 atom stereocenters. The summed E-state index contributed by atoms with van der Waals surface area (Å²) in [7, 11) is -1.93. The van der Waals surface area contributed by atoms with E-state index in [1.165, 1.54) is 39.0 Å². The maximum atomic E-state index is 12.8. The van der Waals surface area contributed by atoms with E-state index in [9.17, 15) is 14.4 Å². The van der Waals surface area contributed by atoms with Gasteiger partial charge in [0.15, 0.2) is 0 Å². The molecule has 29 heavy (non-hydrogen) atoms. The molecule has 0 aliphatic heterocycles. The molecule has 7 heteroatoms. The highest BCUT2D eigenvalue weighted by molar-refractivity contribution is 6.84. The molecule has 0 aliphatic carbocycles. The van der Waals surface area contributed by atoms with Gasteiger partial charge in [0.1, 0.15) is 0 Å². The second kappa shape index (κ2) is 13.6. The Morgan fingerprint density at radius 3 is 1.83 bits per heavy atom. The van der Waals surface area contributed by atoms with Crippen LogP contribution in [0.2, 0.25) is 19.1 Å². The third-order valence-electron chi connectivity index (χ3n) is 5.23. The summed E-state index contributed by atoms with van der Waals surface area (Å²) in [6.07, 6.45) is 7.28. The van der Waals surface area contributed by atoms with Crippen molar-refractivity contribution in [3.63, 3.8) is 0 Å². The van der Waals surface area contributed by atoms with Gasteiger partial charge in [-0.3, -0.25) is 4.79 Å². The molecule has 168 valence electrons. The number of carbonyl (C=O) groups is 3. The van der Waals surface area contributed by atoms with E-state index in [0.29, 0.717) is 0 Å². The molecule has 0 fully saturated rings. The predicted molar refractivity (Wildman–Crippen MR) is 119 cm³/mol. The molecule has 1 amide bonds. The van der Waals surface area contributed by atoms with Crippen LogP contribution in [0.1, 0.15) is 72.6 Å². The summed E-state index contributed by atoms with van der Waals surface area (Å²) in [4.78, 5) is 37.4. The zero-order valence-electron chi connectivity index (χ0n) is 19.3. The average Bonchev–Trinajstić information content (AvgIpc) is 2.63. The molecule has 0 unspecified atom stereocenters. The molecule has 0 saturated carbocycles. The number of amides is 1. The number of carbonyl (C=O) groups excluding carboxylic acids is 3. The van der Waals surface area contributed by atoms with Gasteiger partial charge in [0, 0.05) is 13.3 Å². The van der Waals surface area contributed by atoms with Gasteiger partial charge < -0.3 is 14.8 Å². The van der Waals surface area contributed by atoms with Gasteiger partial charge in [-0.05, 0) is 13.8 Å². The summed E-state index contributed by atoms with van der Waals surface area (Å²) >= 11 is 0. The first-order valence-electron chi connectivity index (χ1n) is 10.9. The Morgan fingerprint density at radius 2 is 1.38 bits per heavy atom. The molecule has 0 radical (unpaired) electrons. The third-order valence-corrected chi connectivity index (χ3v) is 8.92. The summed E-state index contributed by atoms with van der Waals surface area (Å²) in [6, 6.07) is 1.03. The maximum Gasteiger partial charge on any atom is 0.344 e. The summed E-state index contributed by atoms with van der Waals surface area (Å²) in [5, 5.41) is 3.38. The van der Waals surface area contributed by atoms with Crippen molar-refractivity contribution < 1.29 is 23.9 Å². The van der Waals surface area contributed by atoms with E-state index in [1.54, 1.807) is 13.8 Å². The number of ether oxygens (including phenoxy) is 2. The molecule has 0 heterocycles. The normalized spacial score (nSPS) is 11.7. The molecule has 6 nitrogen and oxygen atoms in total. The molecule has 1 N–H and O–H groups in total. The van der Waals surface area contributed by atoms with Crippen LogP contribution in [0.4, 0.5) is 0 Å². The Morgan fingerprint density at radius 1 is 0.897 bits per heavy atom. The van der Waals surface area contributed by atoms with E-state index in [2.05, 4.69) is 31.9 Å². The minimum absolute atomic E-state index is 0.0132. The van der Waals surface area contributed by atoms with Crippen LogP contribution in [0, 0.1) is 0 Å². The van der Waals surface area contributed by atoms with Crippen molar-refractivity contribution in [2.75, 3.05) is 13.2 Å². The molecular weight excluding hydrogens is 386 g/mol. The summed E-state index contributed by atoms with van der Waals surface area (Å²) < 4.78 is 10.3. The van der Waals surface area contributed by atoms with Crippen LogP contribution in [0.15, 0.2) is 11.8 Å². The van der Waals surface area contributed by atoms with Gasteiger partial charge in [-0.25, -0.2) is 9.59 Å². The number of rotatable bonds is 15. The smallest absolute Gasteiger partial charge is 0.344 e. The van der Waals surface area contributed by atoms with Crippen LogP contribution in [-0.2, 0) is 23.9 Å². The van der Waals surface area contributed by atoms with Crippen molar-refractivity contribution in [2.45, 2.75) is 97.3 Å². The molecule has 0 aromatic heterocycles. The molecule has 0 aromatic carbocycles. The molecule has 0 bridgehead atoms. The fourth-order valence-electron chi connectivity index (χ4n) is 3.27. The lowest BCUT2D eigenvalue weighted by molar-refractivity contribution is -0.167. The predicted octanol–water partition coefficient (Wildman–Crippen LogP) is 4.54. The van der Waals surface area contributed by atoms with E-state index < -0.39 is 31.5 Å². The first kappa shape index (κ1) is 27.4. The SMILES string of the molecule is C=C(CC(NC(C)=O)(C(=O)OCC)C(=O)OCC)[Si](C)(C)CCCCCCCC. The highest BCUT2D eigenvalue weighted by atomic mass is 28.3. The van der Waals surface area contributed by atoms with E-state index in [0.717, 1.165) is 17.7 Å². The molecule has 0 spiro atoms. The van der Waals surface area contributed by atoms with Crippen molar-refractivity contribution >= 4 is 25.9 Å². The molecule has 0 aromatic rings. The molecule has 0 saturated heterocycles. The maximum absolute atomic E-state index is 12.8. The molecular formula is C22H41NO5Si. The monoisotopic (exact) mass is 427 g/mol. The van der Waals surface area contributed by atoms with Crippen LogP contribution in [0.25, 0.3) is 0 Å². The lowest BCUT2D eigenvalue weighted by atomic mass is 9.94. The van der Waals surface area contributed by atoms with Gasteiger partial charge in [-0.1, -0.05) is 69.8 Å². The summed E-state index contributed by atoms with van der Waals surface area (Å²) in [6.45, 7) is 15.6. The Kier molecular flexibility index (Phi) is 12.8. The van der Waals surface area contributed by atoms with Crippen LogP contribution in [0.5, 0.6) is 0 Å². The highest BCUT2D eigenvalue weighted by Crippen LogP contribution is 2.30. The van der Waals surface area contributed by atoms with E-state index in [-0.39, 0.29) is 19.6 Å². The summed E-state index contributed by atoms with van der Waals surface area (Å²) in [5.41, 5.74) is -1.87. The molecule has 0 rings (SSSR count).